The number of hydrogen-bond donors (Lipinski definition) is 1. The maximum atomic E-state index is 4.31. The minimum atomic E-state index is 0.590. The number of imidazole rings is 1. The second-order valence-electron chi connectivity index (χ2n) is 3.95. The molecule has 0 atom stereocenters. The van der Waals surface area contributed by atoms with Crippen LogP contribution in [0.1, 0.15) is 32.4 Å². The monoisotopic (exact) mass is 218 g/mol. The van der Waals surface area contributed by atoms with Gasteiger partial charge in [-0.25, -0.2) is 4.98 Å². The van der Waals surface area contributed by atoms with E-state index in [4.69, 9.17) is 0 Å². The van der Waals surface area contributed by atoms with E-state index in [0.29, 0.717) is 6.04 Å². The zero-order valence-corrected chi connectivity index (χ0v) is 9.85. The van der Waals surface area contributed by atoms with Crippen LogP contribution in [0.2, 0.25) is 0 Å². The van der Waals surface area contributed by atoms with E-state index in [1.54, 1.807) is 12.4 Å². The van der Waals surface area contributed by atoms with Gasteiger partial charge in [0.15, 0.2) is 5.65 Å². The first-order valence-electron chi connectivity index (χ1n) is 5.84. The molecular weight excluding hydrogens is 200 g/mol. The first-order chi connectivity index (χ1) is 7.85. The van der Waals surface area contributed by atoms with E-state index < -0.39 is 0 Å². The van der Waals surface area contributed by atoms with Crippen molar-refractivity contribution in [1.29, 1.82) is 0 Å². The molecule has 0 radical (unpaired) electrons. The molecule has 2 aromatic rings. The lowest BCUT2D eigenvalue weighted by atomic mass is 10.2. The molecule has 0 aliphatic heterocycles. The van der Waals surface area contributed by atoms with E-state index in [1.165, 1.54) is 5.69 Å². The van der Waals surface area contributed by atoms with Crippen LogP contribution in [0.5, 0.6) is 0 Å². The van der Waals surface area contributed by atoms with Gasteiger partial charge in [-0.1, -0.05) is 13.8 Å². The van der Waals surface area contributed by atoms with Gasteiger partial charge in [0.1, 0.15) is 0 Å². The highest BCUT2D eigenvalue weighted by Gasteiger charge is 2.05. The molecule has 0 spiro atoms. The van der Waals surface area contributed by atoms with Crippen LogP contribution in [0.3, 0.4) is 0 Å². The fraction of sp³-hybridized carbons (Fsp3) is 0.500. The van der Waals surface area contributed by atoms with Crippen molar-refractivity contribution >= 4 is 5.65 Å². The predicted octanol–water partition coefficient (Wildman–Crippen LogP) is 2.01. The number of rotatable bonds is 5. The van der Waals surface area contributed by atoms with Gasteiger partial charge in [0, 0.05) is 25.0 Å². The minimum absolute atomic E-state index is 0.590. The van der Waals surface area contributed by atoms with Gasteiger partial charge >= 0.3 is 0 Å². The lowest BCUT2D eigenvalue weighted by molar-refractivity contribution is 0.479. The summed E-state index contributed by atoms with van der Waals surface area (Å²) in [7, 11) is 0. The normalized spacial score (nSPS) is 11.4. The molecule has 0 aliphatic carbocycles. The van der Waals surface area contributed by atoms with Crippen LogP contribution < -0.4 is 5.32 Å². The van der Waals surface area contributed by atoms with Crippen molar-refractivity contribution in [2.75, 3.05) is 0 Å². The molecule has 2 rings (SSSR count). The number of fused-ring (bicyclic) bond motifs is 1. The number of nitrogens with one attached hydrogen (secondary N) is 1. The van der Waals surface area contributed by atoms with E-state index >= 15 is 0 Å². The van der Waals surface area contributed by atoms with Gasteiger partial charge in [0.25, 0.3) is 0 Å². The molecule has 0 amide bonds. The Kier molecular flexibility index (Phi) is 3.51. The molecule has 2 aromatic heterocycles. The standard InChI is InChI=1S/C12H18N4/c1-3-10(4-2)14-7-11-8-15-12-9-13-5-6-16(11)12/h5-6,8-10,14H,3-4,7H2,1-2H3. The van der Waals surface area contributed by atoms with Gasteiger partial charge < -0.3 is 5.32 Å². The third-order valence-corrected chi connectivity index (χ3v) is 2.95. The van der Waals surface area contributed by atoms with Crippen LogP contribution in [0.15, 0.2) is 24.8 Å². The molecule has 0 fully saturated rings. The second kappa shape index (κ2) is 5.07. The Bertz CT molecular complexity index is 445. The molecular formula is C12H18N4. The van der Waals surface area contributed by atoms with Crippen LogP contribution in [-0.4, -0.2) is 20.4 Å². The number of nitrogens with zero attached hydrogens (tertiary/aromatic N) is 3. The summed E-state index contributed by atoms with van der Waals surface area (Å²) in [6.45, 7) is 5.27. The Labute approximate surface area is 95.7 Å². The van der Waals surface area contributed by atoms with E-state index in [1.807, 2.05) is 12.4 Å². The molecule has 0 aliphatic rings. The molecule has 1 N–H and O–H groups in total. The molecule has 86 valence electrons. The third-order valence-electron chi connectivity index (χ3n) is 2.95. The first kappa shape index (κ1) is 11.1. The third kappa shape index (κ3) is 2.22. The van der Waals surface area contributed by atoms with Gasteiger partial charge in [-0.05, 0) is 12.8 Å². The molecule has 0 saturated carbocycles. The largest absolute Gasteiger partial charge is 0.308 e. The summed E-state index contributed by atoms with van der Waals surface area (Å²) >= 11 is 0. The van der Waals surface area contributed by atoms with Crippen LogP contribution >= 0.6 is 0 Å². The van der Waals surface area contributed by atoms with Crippen LogP contribution in [0.4, 0.5) is 0 Å². The van der Waals surface area contributed by atoms with Crippen molar-refractivity contribution < 1.29 is 0 Å². The summed E-state index contributed by atoms with van der Waals surface area (Å²) in [5, 5.41) is 3.53. The average molecular weight is 218 g/mol. The van der Waals surface area contributed by atoms with Gasteiger partial charge in [0.2, 0.25) is 0 Å². The van der Waals surface area contributed by atoms with Gasteiger partial charge in [0.05, 0.1) is 18.1 Å². The Morgan fingerprint density at radius 3 is 2.88 bits per heavy atom. The number of hydrogen-bond acceptors (Lipinski definition) is 3. The lowest BCUT2D eigenvalue weighted by Crippen LogP contribution is -2.27. The van der Waals surface area contributed by atoms with E-state index in [-0.39, 0.29) is 0 Å². The smallest absolute Gasteiger partial charge is 0.155 e. The Morgan fingerprint density at radius 1 is 1.31 bits per heavy atom. The fourth-order valence-corrected chi connectivity index (χ4v) is 1.85. The zero-order valence-electron chi connectivity index (χ0n) is 9.85. The van der Waals surface area contributed by atoms with Crippen molar-refractivity contribution in [2.24, 2.45) is 0 Å². The quantitative estimate of drug-likeness (QED) is 0.834. The second-order valence-corrected chi connectivity index (χ2v) is 3.95. The van der Waals surface area contributed by atoms with Crippen molar-refractivity contribution in [3.05, 3.63) is 30.5 Å². The van der Waals surface area contributed by atoms with Gasteiger partial charge in [-0.15, -0.1) is 0 Å². The van der Waals surface area contributed by atoms with Crippen molar-refractivity contribution in [2.45, 2.75) is 39.3 Å². The first-order valence-corrected chi connectivity index (χ1v) is 5.84. The Balaban J connectivity index is 2.09. The molecule has 4 heteroatoms. The Hall–Kier alpha value is -1.42. The summed E-state index contributed by atoms with van der Waals surface area (Å²) in [4.78, 5) is 8.36. The zero-order chi connectivity index (χ0) is 11.4. The van der Waals surface area contributed by atoms with Crippen molar-refractivity contribution in [3.8, 4) is 0 Å². The molecule has 0 bridgehead atoms. The lowest BCUT2D eigenvalue weighted by Gasteiger charge is -2.14. The topological polar surface area (TPSA) is 42.2 Å². The summed E-state index contributed by atoms with van der Waals surface area (Å²) in [5.74, 6) is 0. The number of aromatic nitrogens is 3. The summed E-state index contributed by atoms with van der Waals surface area (Å²) in [5.41, 5.74) is 2.09. The molecule has 2 heterocycles. The highest BCUT2D eigenvalue weighted by atomic mass is 15.0. The summed E-state index contributed by atoms with van der Waals surface area (Å²) < 4.78 is 2.07. The Morgan fingerprint density at radius 2 is 2.12 bits per heavy atom. The molecule has 0 saturated heterocycles. The molecule has 0 unspecified atom stereocenters. The highest BCUT2D eigenvalue weighted by molar-refractivity contribution is 5.36. The maximum Gasteiger partial charge on any atom is 0.155 e. The van der Waals surface area contributed by atoms with Crippen LogP contribution in [-0.2, 0) is 6.54 Å². The predicted molar refractivity (Wildman–Crippen MR) is 64.2 cm³/mol. The van der Waals surface area contributed by atoms with Crippen molar-refractivity contribution in [3.63, 3.8) is 0 Å². The van der Waals surface area contributed by atoms with Gasteiger partial charge in [-0.3, -0.25) is 9.38 Å². The maximum absolute atomic E-state index is 4.31. The average Bonchev–Trinajstić information content (AvgIpc) is 2.74. The van der Waals surface area contributed by atoms with Gasteiger partial charge in [-0.2, -0.15) is 0 Å². The molecule has 16 heavy (non-hydrogen) atoms. The summed E-state index contributed by atoms with van der Waals surface area (Å²) in [6, 6.07) is 0.590. The van der Waals surface area contributed by atoms with Crippen LogP contribution in [0, 0.1) is 0 Å². The van der Waals surface area contributed by atoms with E-state index in [2.05, 4.69) is 33.5 Å². The molecule has 0 aromatic carbocycles. The minimum Gasteiger partial charge on any atom is -0.308 e. The van der Waals surface area contributed by atoms with E-state index in [0.717, 1.165) is 25.0 Å². The van der Waals surface area contributed by atoms with E-state index in [9.17, 15) is 0 Å². The van der Waals surface area contributed by atoms with Crippen molar-refractivity contribution in [1.82, 2.24) is 19.7 Å². The van der Waals surface area contributed by atoms with Crippen LogP contribution in [0.25, 0.3) is 5.65 Å². The summed E-state index contributed by atoms with van der Waals surface area (Å²) in [6.07, 6.45) is 9.75. The molecule has 4 nitrogen and oxygen atoms in total. The highest BCUT2D eigenvalue weighted by Crippen LogP contribution is 2.05. The SMILES string of the molecule is CCC(CC)NCc1cnc2cnccn12. The fourth-order valence-electron chi connectivity index (χ4n) is 1.85.